The summed E-state index contributed by atoms with van der Waals surface area (Å²) in [5.74, 6) is -0.263. The lowest BCUT2D eigenvalue weighted by Crippen LogP contribution is -2.06. The fraction of sp³-hybridized carbons (Fsp3) is 0.233. The Morgan fingerprint density at radius 2 is 1.77 bits per heavy atom. The number of pyridine rings is 1. The van der Waals surface area contributed by atoms with Gasteiger partial charge >= 0.3 is 0 Å². The highest BCUT2D eigenvalue weighted by molar-refractivity contribution is 6.36. The number of alkyl halides is 2. The number of rotatable bonds is 8. The highest BCUT2D eigenvalue weighted by Crippen LogP contribution is 2.40. The Labute approximate surface area is 249 Å². The number of aliphatic hydroxyl groups excluding tert-OH is 1. The summed E-state index contributed by atoms with van der Waals surface area (Å²) < 4.78 is 43.9. The quantitative estimate of drug-likeness (QED) is 0.207. The van der Waals surface area contributed by atoms with Crippen molar-refractivity contribution in [2.24, 2.45) is 0 Å². The first-order chi connectivity index (χ1) is 20.9. The Hall–Kier alpha value is -4.36. The molecule has 10 nitrogen and oxygen atoms in total. The summed E-state index contributed by atoms with van der Waals surface area (Å²) in [6.45, 7) is 2.50. The van der Waals surface area contributed by atoms with Crippen LogP contribution in [-0.4, -0.2) is 50.3 Å². The number of nitrogens with zero attached hydrogens (tertiary/aromatic N) is 5. The molecule has 0 unspecified atom stereocenters. The number of hydrogen-bond acceptors (Lipinski definition) is 10. The van der Waals surface area contributed by atoms with Gasteiger partial charge in [-0.3, -0.25) is 4.98 Å². The van der Waals surface area contributed by atoms with Gasteiger partial charge < -0.3 is 24.6 Å². The molecule has 6 rings (SSSR count). The monoisotopic (exact) mass is 606 g/mol. The second-order valence-corrected chi connectivity index (χ2v) is 9.97. The van der Waals surface area contributed by atoms with Crippen molar-refractivity contribution in [3.63, 3.8) is 0 Å². The van der Waals surface area contributed by atoms with E-state index in [1.807, 2.05) is 37.3 Å². The Bertz CT molecular complexity index is 1820. The third kappa shape index (κ3) is 5.57. The van der Waals surface area contributed by atoms with E-state index in [9.17, 15) is 13.9 Å². The van der Waals surface area contributed by atoms with Gasteiger partial charge in [0, 0.05) is 23.0 Å². The third-order valence-electron chi connectivity index (χ3n) is 6.94. The fourth-order valence-corrected chi connectivity index (χ4v) is 5.14. The van der Waals surface area contributed by atoms with Crippen LogP contribution in [0.15, 0.2) is 54.9 Å². The average Bonchev–Trinajstić information content (AvgIpc) is 3.56. The van der Waals surface area contributed by atoms with E-state index in [0.29, 0.717) is 46.4 Å². The van der Waals surface area contributed by atoms with E-state index in [1.165, 1.54) is 19.4 Å². The summed E-state index contributed by atoms with van der Waals surface area (Å²) in [7, 11) is 1.50. The third-order valence-corrected chi connectivity index (χ3v) is 7.35. The van der Waals surface area contributed by atoms with Crippen LogP contribution in [0.3, 0.4) is 0 Å². The Kier molecular flexibility index (Phi) is 8.08. The maximum Gasteiger partial charge on any atom is 0.297 e. The van der Waals surface area contributed by atoms with Gasteiger partial charge in [-0.1, -0.05) is 41.9 Å². The molecule has 13 heteroatoms. The highest BCUT2D eigenvalue weighted by atomic mass is 35.5. The van der Waals surface area contributed by atoms with Crippen molar-refractivity contribution in [2.75, 3.05) is 25.6 Å². The van der Waals surface area contributed by atoms with Crippen molar-refractivity contribution >= 4 is 34.1 Å². The van der Waals surface area contributed by atoms with Crippen molar-refractivity contribution < 1.29 is 28.1 Å². The van der Waals surface area contributed by atoms with E-state index in [4.69, 9.17) is 25.8 Å². The molecule has 1 aliphatic heterocycles. The summed E-state index contributed by atoms with van der Waals surface area (Å²) in [4.78, 5) is 21.4. The van der Waals surface area contributed by atoms with Gasteiger partial charge in [-0.15, -0.1) is 0 Å². The zero-order chi connectivity index (χ0) is 30.1. The average molecular weight is 607 g/mol. The van der Waals surface area contributed by atoms with Crippen molar-refractivity contribution in [3.8, 4) is 28.3 Å². The maximum atomic E-state index is 13.7. The largest absolute Gasteiger partial charge is 0.480 e. The van der Waals surface area contributed by atoms with Crippen LogP contribution in [0.2, 0.25) is 5.02 Å². The molecule has 0 radical (unpaired) electrons. The number of anilines is 2. The van der Waals surface area contributed by atoms with Gasteiger partial charge in [-0.25, -0.2) is 28.7 Å². The van der Waals surface area contributed by atoms with Crippen LogP contribution < -0.4 is 10.1 Å². The Morgan fingerprint density at radius 1 is 1.02 bits per heavy atom. The Morgan fingerprint density at radius 3 is 2.51 bits per heavy atom. The number of aromatic nitrogens is 5. The van der Waals surface area contributed by atoms with Gasteiger partial charge in [0.15, 0.2) is 17.3 Å². The molecule has 43 heavy (non-hydrogen) atoms. The molecule has 0 saturated carbocycles. The number of fused-ring (bicyclic) bond motifs is 1. The maximum absolute atomic E-state index is 13.7. The van der Waals surface area contributed by atoms with Crippen LogP contribution in [0.4, 0.5) is 20.3 Å². The molecule has 1 aliphatic rings. The van der Waals surface area contributed by atoms with E-state index in [0.717, 1.165) is 16.7 Å². The van der Waals surface area contributed by atoms with E-state index in [-0.39, 0.29) is 29.3 Å². The number of halogens is 3. The number of methoxy groups -OCH3 is 1. The van der Waals surface area contributed by atoms with Crippen LogP contribution in [0.1, 0.15) is 35.4 Å². The molecule has 4 heterocycles. The summed E-state index contributed by atoms with van der Waals surface area (Å²) >= 11 is 6.97. The number of hydrogen-bond donors (Lipinski definition) is 2. The predicted octanol–water partition coefficient (Wildman–Crippen LogP) is 6.34. The van der Waals surface area contributed by atoms with Gasteiger partial charge in [-0.2, -0.15) is 0 Å². The van der Waals surface area contributed by atoms with Crippen molar-refractivity contribution in [1.29, 1.82) is 0 Å². The zero-order valence-corrected chi connectivity index (χ0v) is 23.8. The number of nitrogens with one attached hydrogen (secondary N) is 1. The lowest BCUT2D eigenvalue weighted by atomic mass is 9.96. The molecule has 0 bridgehead atoms. The molecule has 2 N–H and O–H groups in total. The van der Waals surface area contributed by atoms with Gasteiger partial charge in [0.1, 0.15) is 5.52 Å². The highest BCUT2D eigenvalue weighted by Gasteiger charge is 2.26. The van der Waals surface area contributed by atoms with Crippen LogP contribution in [0, 0.1) is 6.92 Å². The first-order valence-corrected chi connectivity index (χ1v) is 13.6. The van der Waals surface area contributed by atoms with Crippen molar-refractivity contribution in [3.05, 3.63) is 82.5 Å². The molecule has 220 valence electrons. The predicted molar refractivity (Wildman–Crippen MR) is 155 cm³/mol. The van der Waals surface area contributed by atoms with Crippen LogP contribution in [0.25, 0.3) is 33.4 Å². The zero-order valence-electron chi connectivity index (χ0n) is 23.0. The minimum Gasteiger partial charge on any atom is -0.480 e. The van der Waals surface area contributed by atoms with Crippen molar-refractivity contribution in [2.45, 2.75) is 26.2 Å². The lowest BCUT2D eigenvalue weighted by molar-refractivity contribution is -0.0491. The first kappa shape index (κ1) is 28.7. The van der Waals surface area contributed by atoms with Gasteiger partial charge in [0.2, 0.25) is 12.2 Å². The van der Waals surface area contributed by atoms with E-state index >= 15 is 0 Å². The molecule has 1 saturated heterocycles. The van der Waals surface area contributed by atoms with Gasteiger partial charge in [0.25, 0.3) is 6.43 Å². The summed E-state index contributed by atoms with van der Waals surface area (Å²) in [5.41, 5.74) is 5.41. The molecule has 0 spiro atoms. The smallest absolute Gasteiger partial charge is 0.297 e. The van der Waals surface area contributed by atoms with E-state index < -0.39 is 18.5 Å². The van der Waals surface area contributed by atoms with Crippen LogP contribution in [0.5, 0.6) is 5.88 Å². The molecular formula is C30H25ClF2N6O4. The lowest BCUT2D eigenvalue weighted by Gasteiger charge is -2.17. The number of benzene rings is 2. The minimum absolute atomic E-state index is 0.113. The number of aliphatic hydroxyl groups is 1. The minimum atomic E-state index is -2.90. The summed E-state index contributed by atoms with van der Waals surface area (Å²) in [6, 6.07) is 12.6. The topological polar surface area (TPSA) is 124 Å². The van der Waals surface area contributed by atoms with Crippen LogP contribution in [-0.2, 0) is 16.1 Å². The number of ether oxygens (including phenoxy) is 3. The molecule has 1 fully saturated rings. The molecule has 0 aliphatic carbocycles. The second kappa shape index (κ2) is 12.1. The molecule has 2 aromatic carbocycles. The Balaban J connectivity index is 1.38. The van der Waals surface area contributed by atoms with E-state index in [2.05, 4.69) is 30.2 Å². The van der Waals surface area contributed by atoms with E-state index in [1.54, 1.807) is 12.3 Å². The summed E-state index contributed by atoms with van der Waals surface area (Å²) in [5, 5.41) is 13.1. The molecule has 0 amide bonds. The standard InChI is InChI=1S/C30H25ClF2N6O4/c1-15-17(5-4-8-20(15)36-27-24-21(11-16(14-40)12-34-24)37-28(39-27)26(32)33)18-6-3-7-19(23(18)31)22-13-35-25(29(38-22)41-2)30-42-9-10-43-30/h3-8,11-13,26,30,40H,9-10,14H2,1-2H3,(H,36,37,39). The van der Waals surface area contributed by atoms with Crippen LogP contribution >= 0.6 is 11.6 Å². The fourth-order valence-electron chi connectivity index (χ4n) is 4.82. The van der Waals surface area contributed by atoms with Gasteiger partial charge in [-0.05, 0) is 35.7 Å². The first-order valence-electron chi connectivity index (χ1n) is 13.2. The summed E-state index contributed by atoms with van der Waals surface area (Å²) in [6.07, 6.45) is -0.502. The second-order valence-electron chi connectivity index (χ2n) is 9.59. The van der Waals surface area contributed by atoms with Crippen molar-refractivity contribution in [1.82, 2.24) is 24.9 Å². The normalized spacial score (nSPS) is 13.7. The SMILES string of the molecule is COc1nc(-c2cccc(-c3cccc(Nc4nc(C(F)F)nc5cc(CO)cnc45)c3C)c2Cl)cnc1C1OCCO1. The molecule has 5 aromatic rings. The van der Waals surface area contributed by atoms with Gasteiger partial charge in [0.05, 0.1) is 49.4 Å². The molecule has 3 aromatic heterocycles. The molecular weight excluding hydrogens is 582 g/mol. The molecule has 0 atom stereocenters.